The van der Waals surface area contributed by atoms with E-state index in [1.54, 1.807) is 12.1 Å². The maximum atomic E-state index is 13.0. The first-order valence-corrected chi connectivity index (χ1v) is 10.3. The highest BCUT2D eigenvalue weighted by Gasteiger charge is 2.26. The molecule has 1 aromatic carbocycles. The van der Waals surface area contributed by atoms with Gasteiger partial charge in [0, 0.05) is 50.4 Å². The molecule has 4 rings (SSSR count). The van der Waals surface area contributed by atoms with E-state index in [1.165, 1.54) is 12.8 Å². The Hall–Kier alpha value is -2.47. The van der Waals surface area contributed by atoms with E-state index in [0.29, 0.717) is 18.8 Å². The number of anilines is 1. The standard InChI is InChI=1S/C22H29N3O3/c1-2-20-17(16-23-9-3-4-10-23)15-21(28-20)22(27)25-13-11-24(12-14-25)18-5-7-19(26)8-6-18/h5-8,15,26H,2-4,9-14,16H2,1H3. The van der Waals surface area contributed by atoms with E-state index < -0.39 is 0 Å². The molecule has 0 aliphatic carbocycles. The highest BCUT2D eigenvalue weighted by Crippen LogP contribution is 2.24. The number of benzene rings is 1. The van der Waals surface area contributed by atoms with Crippen molar-refractivity contribution in [2.45, 2.75) is 32.7 Å². The molecule has 2 aliphatic rings. The average molecular weight is 383 g/mol. The molecule has 0 saturated carbocycles. The van der Waals surface area contributed by atoms with Gasteiger partial charge in [-0.1, -0.05) is 6.92 Å². The predicted octanol–water partition coefficient (Wildman–Crippen LogP) is 3.11. The molecular weight excluding hydrogens is 354 g/mol. The summed E-state index contributed by atoms with van der Waals surface area (Å²) in [5.74, 6) is 1.68. The summed E-state index contributed by atoms with van der Waals surface area (Å²) < 4.78 is 5.95. The zero-order chi connectivity index (χ0) is 19.5. The Kier molecular flexibility index (Phi) is 5.57. The van der Waals surface area contributed by atoms with Crippen LogP contribution in [0.4, 0.5) is 5.69 Å². The molecule has 6 heteroatoms. The number of amides is 1. The van der Waals surface area contributed by atoms with Crippen LogP contribution in [0.3, 0.4) is 0 Å². The minimum absolute atomic E-state index is 0.00673. The van der Waals surface area contributed by atoms with E-state index in [9.17, 15) is 9.90 Å². The fraction of sp³-hybridized carbons (Fsp3) is 0.500. The van der Waals surface area contributed by atoms with Gasteiger partial charge in [0.1, 0.15) is 11.5 Å². The summed E-state index contributed by atoms with van der Waals surface area (Å²) in [6.45, 7) is 8.13. The lowest BCUT2D eigenvalue weighted by atomic mass is 10.2. The number of carbonyl (C=O) groups excluding carboxylic acids is 1. The van der Waals surface area contributed by atoms with E-state index in [2.05, 4.69) is 16.7 Å². The van der Waals surface area contributed by atoms with Gasteiger partial charge in [0.15, 0.2) is 5.76 Å². The third-order valence-electron chi connectivity index (χ3n) is 5.80. The molecule has 150 valence electrons. The van der Waals surface area contributed by atoms with Gasteiger partial charge in [0.2, 0.25) is 0 Å². The first-order chi connectivity index (χ1) is 13.6. The number of carbonyl (C=O) groups is 1. The van der Waals surface area contributed by atoms with E-state index >= 15 is 0 Å². The fourth-order valence-electron chi connectivity index (χ4n) is 4.17. The van der Waals surface area contributed by atoms with Gasteiger partial charge in [-0.2, -0.15) is 0 Å². The molecule has 1 N–H and O–H groups in total. The van der Waals surface area contributed by atoms with Gasteiger partial charge in [-0.25, -0.2) is 0 Å². The molecule has 2 aliphatic heterocycles. The Morgan fingerprint density at radius 1 is 1.04 bits per heavy atom. The van der Waals surface area contributed by atoms with Crippen LogP contribution in [0.25, 0.3) is 0 Å². The van der Waals surface area contributed by atoms with Crippen LogP contribution in [0.15, 0.2) is 34.7 Å². The van der Waals surface area contributed by atoms with Crippen molar-refractivity contribution in [3.63, 3.8) is 0 Å². The molecule has 2 fully saturated rings. The largest absolute Gasteiger partial charge is 0.508 e. The normalized spacial score (nSPS) is 18.0. The molecule has 6 nitrogen and oxygen atoms in total. The number of nitrogens with zero attached hydrogens (tertiary/aromatic N) is 3. The number of likely N-dealkylation sites (tertiary alicyclic amines) is 1. The molecule has 3 heterocycles. The summed E-state index contributed by atoms with van der Waals surface area (Å²) in [6, 6.07) is 9.19. The number of aryl methyl sites for hydroxylation is 1. The van der Waals surface area contributed by atoms with Crippen LogP contribution in [-0.2, 0) is 13.0 Å². The van der Waals surface area contributed by atoms with Crippen LogP contribution >= 0.6 is 0 Å². The predicted molar refractivity (Wildman–Crippen MR) is 109 cm³/mol. The second kappa shape index (κ2) is 8.27. The van der Waals surface area contributed by atoms with Crippen molar-refractivity contribution in [1.29, 1.82) is 0 Å². The van der Waals surface area contributed by atoms with Crippen LogP contribution in [-0.4, -0.2) is 60.1 Å². The maximum absolute atomic E-state index is 13.0. The quantitative estimate of drug-likeness (QED) is 0.860. The Bertz CT molecular complexity index is 801. The lowest BCUT2D eigenvalue weighted by molar-refractivity contribution is 0.0713. The number of phenols is 1. The maximum Gasteiger partial charge on any atom is 0.289 e. The first-order valence-electron chi connectivity index (χ1n) is 10.3. The van der Waals surface area contributed by atoms with Gasteiger partial charge in [-0.05, 0) is 56.3 Å². The third-order valence-corrected chi connectivity index (χ3v) is 5.80. The Labute approximate surface area is 166 Å². The Balaban J connectivity index is 1.39. The van der Waals surface area contributed by atoms with E-state index in [0.717, 1.165) is 56.2 Å². The van der Waals surface area contributed by atoms with E-state index in [-0.39, 0.29) is 11.7 Å². The molecule has 0 bridgehead atoms. The van der Waals surface area contributed by atoms with E-state index in [1.807, 2.05) is 23.1 Å². The number of furan rings is 1. The van der Waals surface area contributed by atoms with Gasteiger partial charge in [0.25, 0.3) is 5.91 Å². The molecule has 1 aromatic heterocycles. The number of hydrogen-bond donors (Lipinski definition) is 1. The van der Waals surface area contributed by atoms with Crippen molar-refractivity contribution in [2.75, 3.05) is 44.2 Å². The number of aromatic hydroxyl groups is 1. The molecule has 2 saturated heterocycles. The SMILES string of the molecule is CCc1oc(C(=O)N2CCN(c3ccc(O)cc3)CC2)cc1CN1CCCC1. The summed E-state index contributed by atoms with van der Waals surface area (Å²) >= 11 is 0. The number of phenolic OH excluding ortho intramolecular Hbond substituents is 1. The van der Waals surface area contributed by atoms with Crippen molar-refractivity contribution >= 4 is 11.6 Å². The van der Waals surface area contributed by atoms with Crippen LogP contribution in [0.1, 0.15) is 41.6 Å². The first kappa shape index (κ1) is 18.9. The van der Waals surface area contributed by atoms with Gasteiger partial charge in [-0.3, -0.25) is 9.69 Å². The Morgan fingerprint density at radius 3 is 2.36 bits per heavy atom. The van der Waals surface area contributed by atoms with E-state index in [4.69, 9.17) is 4.42 Å². The number of rotatable bonds is 5. The van der Waals surface area contributed by atoms with Gasteiger partial charge >= 0.3 is 0 Å². The van der Waals surface area contributed by atoms with Crippen molar-refractivity contribution in [1.82, 2.24) is 9.80 Å². The molecule has 0 atom stereocenters. The van der Waals surface area contributed by atoms with Crippen molar-refractivity contribution < 1.29 is 14.3 Å². The zero-order valence-corrected chi connectivity index (χ0v) is 16.6. The summed E-state index contributed by atoms with van der Waals surface area (Å²) in [4.78, 5) is 19.5. The second-order valence-corrected chi connectivity index (χ2v) is 7.69. The molecule has 0 spiro atoms. The summed E-state index contributed by atoms with van der Waals surface area (Å²) in [7, 11) is 0. The lowest BCUT2D eigenvalue weighted by Crippen LogP contribution is -2.48. The summed E-state index contributed by atoms with van der Waals surface area (Å²) in [5.41, 5.74) is 2.24. The topological polar surface area (TPSA) is 60.2 Å². The van der Waals surface area contributed by atoms with Crippen LogP contribution in [0.5, 0.6) is 5.75 Å². The minimum Gasteiger partial charge on any atom is -0.508 e. The number of hydrogen-bond acceptors (Lipinski definition) is 5. The Morgan fingerprint density at radius 2 is 1.71 bits per heavy atom. The van der Waals surface area contributed by atoms with Crippen LogP contribution in [0, 0.1) is 0 Å². The molecule has 28 heavy (non-hydrogen) atoms. The van der Waals surface area contributed by atoms with Crippen molar-refractivity contribution in [3.05, 3.63) is 47.4 Å². The van der Waals surface area contributed by atoms with Gasteiger partial charge in [-0.15, -0.1) is 0 Å². The van der Waals surface area contributed by atoms with Crippen molar-refractivity contribution in [2.24, 2.45) is 0 Å². The van der Waals surface area contributed by atoms with Crippen molar-refractivity contribution in [3.8, 4) is 5.75 Å². The fourth-order valence-corrected chi connectivity index (χ4v) is 4.17. The second-order valence-electron chi connectivity index (χ2n) is 7.69. The smallest absolute Gasteiger partial charge is 0.289 e. The summed E-state index contributed by atoms with van der Waals surface area (Å²) in [5, 5.41) is 9.45. The van der Waals surface area contributed by atoms with Gasteiger partial charge in [0.05, 0.1) is 0 Å². The molecule has 0 unspecified atom stereocenters. The van der Waals surface area contributed by atoms with Crippen LogP contribution < -0.4 is 4.90 Å². The van der Waals surface area contributed by atoms with Gasteiger partial charge < -0.3 is 19.3 Å². The third kappa shape index (κ3) is 4.02. The number of piperazine rings is 1. The molecular formula is C22H29N3O3. The summed E-state index contributed by atoms with van der Waals surface area (Å²) in [6.07, 6.45) is 3.33. The highest BCUT2D eigenvalue weighted by molar-refractivity contribution is 5.92. The minimum atomic E-state index is -0.00673. The average Bonchev–Trinajstić information content (AvgIpc) is 3.38. The monoisotopic (exact) mass is 383 g/mol. The molecule has 0 radical (unpaired) electrons. The highest BCUT2D eigenvalue weighted by atomic mass is 16.4. The molecule has 2 aromatic rings. The van der Waals surface area contributed by atoms with Crippen LogP contribution in [0.2, 0.25) is 0 Å². The molecule has 1 amide bonds. The lowest BCUT2D eigenvalue weighted by Gasteiger charge is -2.35. The zero-order valence-electron chi connectivity index (χ0n) is 16.6.